The van der Waals surface area contributed by atoms with Crippen molar-refractivity contribution in [3.8, 4) is 5.75 Å². The molecule has 2 rings (SSSR count). The highest BCUT2D eigenvalue weighted by Gasteiger charge is 2.04. The topological polar surface area (TPSA) is 21.3 Å². The van der Waals surface area contributed by atoms with Gasteiger partial charge in [0.05, 0.1) is 12.3 Å². The Balaban J connectivity index is 1.98. The summed E-state index contributed by atoms with van der Waals surface area (Å²) in [6.45, 7) is 5.90. The molecule has 96 valence electrons. The molecule has 0 atom stereocenters. The summed E-state index contributed by atoms with van der Waals surface area (Å²) in [5.74, 6) is 1.47. The number of thiophene rings is 1. The van der Waals surface area contributed by atoms with E-state index in [9.17, 15) is 0 Å². The maximum Gasteiger partial charge on any atom is 0.142 e. The van der Waals surface area contributed by atoms with Crippen LogP contribution in [0.5, 0.6) is 5.75 Å². The highest BCUT2D eigenvalue weighted by Crippen LogP contribution is 2.25. The highest BCUT2D eigenvalue weighted by molar-refractivity contribution is 7.09. The van der Waals surface area contributed by atoms with E-state index in [0.717, 1.165) is 24.6 Å². The van der Waals surface area contributed by atoms with Crippen LogP contribution in [-0.4, -0.2) is 6.61 Å². The Kier molecular flexibility index (Phi) is 4.65. The second-order valence-corrected chi connectivity index (χ2v) is 5.67. The van der Waals surface area contributed by atoms with Crippen molar-refractivity contribution in [1.29, 1.82) is 0 Å². The van der Waals surface area contributed by atoms with Crippen LogP contribution < -0.4 is 10.1 Å². The lowest BCUT2D eigenvalue weighted by Crippen LogP contribution is -2.07. The summed E-state index contributed by atoms with van der Waals surface area (Å²) >= 11 is 1.76. The first-order valence-corrected chi connectivity index (χ1v) is 7.12. The third kappa shape index (κ3) is 3.77. The second-order valence-electron chi connectivity index (χ2n) is 4.63. The number of hydrogen-bond acceptors (Lipinski definition) is 3. The van der Waals surface area contributed by atoms with Gasteiger partial charge in [0.1, 0.15) is 5.75 Å². The van der Waals surface area contributed by atoms with E-state index in [0.29, 0.717) is 5.92 Å². The van der Waals surface area contributed by atoms with Crippen molar-refractivity contribution < 1.29 is 4.74 Å². The van der Waals surface area contributed by atoms with Crippen molar-refractivity contribution in [2.75, 3.05) is 11.9 Å². The fraction of sp³-hybridized carbons (Fsp3) is 0.333. The standard InChI is InChI=1S/C15H19NOS/c1-12(2)11-17-15-8-4-3-7-14(15)16-10-13-6-5-9-18-13/h3-9,12,16H,10-11H2,1-2H3. The average Bonchev–Trinajstić information content (AvgIpc) is 2.88. The molecule has 3 heteroatoms. The Hall–Kier alpha value is -1.48. The first kappa shape index (κ1) is 13.0. The van der Waals surface area contributed by atoms with E-state index in [1.54, 1.807) is 11.3 Å². The van der Waals surface area contributed by atoms with Gasteiger partial charge in [-0.3, -0.25) is 0 Å². The molecule has 1 aromatic carbocycles. The largest absolute Gasteiger partial charge is 0.491 e. The average molecular weight is 261 g/mol. The van der Waals surface area contributed by atoms with Gasteiger partial charge in [0, 0.05) is 11.4 Å². The van der Waals surface area contributed by atoms with Crippen LogP contribution in [-0.2, 0) is 6.54 Å². The van der Waals surface area contributed by atoms with Crippen molar-refractivity contribution in [3.63, 3.8) is 0 Å². The van der Waals surface area contributed by atoms with E-state index in [1.165, 1.54) is 4.88 Å². The number of para-hydroxylation sites is 2. The summed E-state index contributed by atoms with van der Waals surface area (Å²) in [5, 5.41) is 5.52. The van der Waals surface area contributed by atoms with Crippen molar-refractivity contribution in [2.24, 2.45) is 5.92 Å². The van der Waals surface area contributed by atoms with Gasteiger partial charge >= 0.3 is 0 Å². The Morgan fingerprint density at radius 3 is 2.72 bits per heavy atom. The molecule has 0 amide bonds. The number of benzene rings is 1. The van der Waals surface area contributed by atoms with Gasteiger partial charge in [-0.25, -0.2) is 0 Å². The van der Waals surface area contributed by atoms with Gasteiger partial charge in [0.2, 0.25) is 0 Å². The molecule has 0 saturated carbocycles. The van der Waals surface area contributed by atoms with E-state index >= 15 is 0 Å². The summed E-state index contributed by atoms with van der Waals surface area (Å²) in [5.41, 5.74) is 1.06. The Morgan fingerprint density at radius 1 is 1.17 bits per heavy atom. The maximum atomic E-state index is 5.81. The lowest BCUT2D eigenvalue weighted by Gasteiger charge is -2.14. The van der Waals surface area contributed by atoms with Gasteiger partial charge in [-0.2, -0.15) is 0 Å². The van der Waals surface area contributed by atoms with Crippen molar-refractivity contribution in [2.45, 2.75) is 20.4 Å². The molecule has 18 heavy (non-hydrogen) atoms. The maximum absolute atomic E-state index is 5.81. The first-order chi connectivity index (χ1) is 8.75. The van der Waals surface area contributed by atoms with Crippen LogP contribution in [0, 0.1) is 5.92 Å². The van der Waals surface area contributed by atoms with Crippen LogP contribution in [0.1, 0.15) is 18.7 Å². The second kappa shape index (κ2) is 6.45. The van der Waals surface area contributed by atoms with Crippen LogP contribution in [0.25, 0.3) is 0 Å². The van der Waals surface area contributed by atoms with Gasteiger partial charge in [-0.1, -0.05) is 32.0 Å². The highest BCUT2D eigenvalue weighted by atomic mass is 32.1. The number of ether oxygens (including phenoxy) is 1. The first-order valence-electron chi connectivity index (χ1n) is 6.24. The molecule has 2 aromatic rings. The van der Waals surface area contributed by atoms with E-state index in [1.807, 2.05) is 18.2 Å². The Bertz CT molecular complexity index is 465. The normalized spacial score (nSPS) is 10.6. The van der Waals surface area contributed by atoms with Gasteiger partial charge in [-0.15, -0.1) is 11.3 Å². The summed E-state index contributed by atoms with van der Waals surface area (Å²) in [6, 6.07) is 12.3. The Labute approximate surface area is 113 Å². The minimum atomic E-state index is 0.537. The van der Waals surface area contributed by atoms with Crippen LogP contribution in [0.4, 0.5) is 5.69 Å². The number of rotatable bonds is 6. The molecule has 1 N–H and O–H groups in total. The van der Waals surface area contributed by atoms with Crippen molar-refractivity contribution in [3.05, 3.63) is 46.7 Å². The molecule has 2 nitrogen and oxygen atoms in total. The van der Waals surface area contributed by atoms with Gasteiger partial charge in [-0.05, 0) is 29.5 Å². The van der Waals surface area contributed by atoms with Crippen LogP contribution in [0.3, 0.4) is 0 Å². The van der Waals surface area contributed by atoms with Crippen LogP contribution >= 0.6 is 11.3 Å². The van der Waals surface area contributed by atoms with E-state index < -0.39 is 0 Å². The molecule has 0 spiro atoms. The van der Waals surface area contributed by atoms with E-state index in [4.69, 9.17) is 4.74 Å². The number of hydrogen-bond donors (Lipinski definition) is 1. The molecule has 0 aliphatic carbocycles. The van der Waals surface area contributed by atoms with Gasteiger partial charge in [0.15, 0.2) is 0 Å². The molecule has 0 aliphatic rings. The molecule has 0 fully saturated rings. The van der Waals surface area contributed by atoms with Crippen LogP contribution in [0.15, 0.2) is 41.8 Å². The minimum absolute atomic E-state index is 0.537. The zero-order valence-electron chi connectivity index (χ0n) is 10.8. The summed E-state index contributed by atoms with van der Waals surface area (Å²) in [4.78, 5) is 1.33. The van der Waals surface area contributed by atoms with E-state index in [2.05, 4.69) is 42.7 Å². The third-order valence-corrected chi connectivity index (χ3v) is 3.37. The number of nitrogens with one attached hydrogen (secondary N) is 1. The molecule has 0 bridgehead atoms. The van der Waals surface area contributed by atoms with E-state index in [-0.39, 0.29) is 0 Å². The molecule has 0 aliphatic heterocycles. The zero-order chi connectivity index (χ0) is 12.8. The summed E-state index contributed by atoms with van der Waals surface area (Å²) < 4.78 is 5.81. The lowest BCUT2D eigenvalue weighted by molar-refractivity contribution is 0.272. The molecule has 0 unspecified atom stereocenters. The summed E-state index contributed by atoms with van der Waals surface area (Å²) in [6.07, 6.45) is 0. The predicted octanol–water partition coefficient (Wildman–Crippen LogP) is 4.40. The minimum Gasteiger partial charge on any atom is -0.491 e. The summed E-state index contributed by atoms with van der Waals surface area (Å²) in [7, 11) is 0. The quantitative estimate of drug-likeness (QED) is 0.832. The van der Waals surface area contributed by atoms with Gasteiger partial charge in [0.25, 0.3) is 0 Å². The van der Waals surface area contributed by atoms with Crippen molar-refractivity contribution >= 4 is 17.0 Å². The van der Waals surface area contributed by atoms with Crippen molar-refractivity contribution in [1.82, 2.24) is 0 Å². The molecular formula is C15H19NOS. The molecule has 1 aromatic heterocycles. The fourth-order valence-corrected chi connectivity index (χ4v) is 2.24. The van der Waals surface area contributed by atoms with Crippen LogP contribution in [0.2, 0.25) is 0 Å². The molecular weight excluding hydrogens is 242 g/mol. The Morgan fingerprint density at radius 2 is 2.00 bits per heavy atom. The SMILES string of the molecule is CC(C)COc1ccccc1NCc1cccs1. The predicted molar refractivity (Wildman–Crippen MR) is 78.4 cm³/mol. The lowest BCUT2D eigenvalue weighted by atomic mass is 10.2. The molecule has 1 heterocycles. The molecule has 0 radical (unpaired) electrons. The third-order valence-electron chi connectivity index (χ3n) is 2.49. The monoisotopic (exact) mass is 261 g/mol. The number of anilines is 1. The smallest absolute Gasteiger partial charge is 0.142 e. The molecule has 0 saturated heterocycles. The zero-order valence-corrected chi connectivity index (χ0v) is 11.7. The van der Waals surface area contributed by atoms with Gasteiger partial charge < -0.3 is 10.1 Å². The fourth-order valence-electron chi connectivity index (χ4n) is 1.59.